The van der Waals surface area contributed by atoms with Crippen LogP contribution < -0.4 is 16.0 Å². The number of halogens is 2. The van der Waals surface area contributed by atoms with E-state index in [-0.39, 0.29) is 22.4 Å². The second-order valence-electron chi connectivity index (χ2n) is 6.54. The fourth-order valence-corrected chi connectivity index (χ4v) is 2.74. The Kier molecular flexibility index (Phi) is 9.54. The van der Waals surface area contributed by atoms with Crippen molar-refractivity contribution >= 4 is 53.0 Å². The van der Waals surface area contributed by atoms with Crippen LogP contribution in [0.1, 0.15) is 26.3 Å². The first kappa shape index (κ1) is 25.2. The Bertz CT molecular complexity index is 826. The van der Waals surface area contributed by atoms with Crippen molar-refractivity contribution in [3.05, 3.63) is 33.8 Å². The largest absolute Gasteiger partial charge is 0.480 e. The molecule has 1 aromatic carbocycles. The van der Waals surface area contributed by atoms with Gasteiger partial charge in [-0.1, -0.05) is 43.1 Å². The summed E-state index contributed by atoms with van der Waals surface area (Å²) in [6, 6.07) is 3.57. The number of hydrogen-bond acceptors (Lipinski definition) is 6. The van der Waals surface area contributed by atoms with Crippen molar-refractivity contribution in [1.29, 1.82) is 5.41 Å². The molecule has 0 saturated heterocycles. The number of ether oxygens (including phenoxy) is 1. The molecule has 3 amide bonds. The molecule has 0 spiro atoms. The summed E-state index contributed by atoms with van der Waals surface area (Å²) in [5.74, 6) is -3.79. The molecule has 0 aliphatic rings. The average Bonchev–Trinajstić information content (AvgIpc) is 2.61. The topological polar surface area (TPSA) is 158 Å². The second-order valence-corrected chi connectivity index (χ2v) is 7.36. The number of carbonyl (C=O) groups is 4. The van der Waals surface area contributed by atoms with Crippen LogP contribution in [0.5, 0.6) is 0 Å². The maximum Gasteiger partial charge on any atom is 0.414 e. The predicted octanol–water partition coefficient (Wildman–Crippen LogP) is 1.93. The number of rotatable bonds is 7. The molecular weight excluding hydrogens is 439 g/mol. The van der Waals surface area contributed by atoms with Crippen LogP contribution in [0.3, 0.4) is 0 Å². The molecule has 0 fully saturated rings. The van der Waals surface area contributed by atoms with Crippen molar-refractivity contribution in [2.24, 2.45) is 5.92 Å². The third kappa shape index (κ3) is 7.88. The summed E-state index contributed by atoms with van der Waals surface area (Å²) in [4.78, 5) is 46.9. The molecule has 30 heavy (non-hydrogen) atoms. The van der Waals surface area contributed by atoms with Gasteiger partial charge in [-0.25, -0.2) is 9.59 Å². The first-order chi connectivity index (χ1) is 13.9. The van der Waals surface area contributed by atoms with E-state index in [2.05, 4.69) is 10.6 Å². The molecule has 0 unspecified atom stereocenters. The Morgan fingerprint density at radius 1 is 1.10 bits per heavy atom. The number of amides is 3. The number of carbonyl (C=O) groups excluding carboxylic acids is 3. The molecule has 0 aliphatic heterocycles. The van der Waals surface area contributed by atoms with Crippen LogP contribution in [-0.2, 0) is 25.5 Å². The third-order valence-electron chi connectivity index (χ3n) is 3.77. The van der Waals surface area contributed by atoms with Gasteiger partial charge in [-0.3, -0.25) is 25.6 Å². The lowest BCUT2D eigenvalue weighted by Gasteiger charge is -2.20. The Labute approximate surface area is 182 Å². The maximum absolute atomic E-state index is 12.0. The van der Waals surface area contributed by atoms with Gasteiger partial charge in [0.25, 0.3) is 5.91 Å². The molecule has 2 atom stereocenters. The van der Waals surface area contributed by atoms with Crippen LogP contribution in [0.4, 0.5) is 4.79 Å². The normalized spacial score (nSPS) is 12.5. The summed E-state index contributed by atoms with van der Waals surface area (Å²) in [7, 11) is 0. The minimum Gasteiger partial charge on any atom is -0.480 e. The molecule has 0 heterocycles. The molecule has 1 aromatic rings. The van der Waals surface area contributed by atoms with Gasteiger partial charge in [-0.2, -0.15) is 0 Å². The lowest BCUT2D eigenvalue weighted by Crippen LogP contribution is -2.50. The van der Waals surface area contributed by atoms with Crippen molar-refractivity contribution in [3.8, 4) is 0 Å². The molecule has 164 valence electrons. The van der Waals surface area contributed by atoms with Crippen molar-refractivity contribution in [2.75, 3.05) is 0 Å². The van der Waals surface area contributed by atoms with Crippen LogP contribution in [0.25, 0.3) is 0 Å². The van der Waals surface area contributed by atoms with E-state index in [1.807, 2.05) is 5.32 Å². The van der Waals surface area contributed by atoms with E-state index < -0.39 is 42.0 Å². The van der Waals surface area contributed by atoms with Gasteiger partial charge in [0, 0.05) is 10.0 Å². The van der Waals surface area contributed by atoms with E-state index in [0.717, 1.165) is 0 Å². The zero-order valence-electron chi connectivity index (χ0n) is 16.4. The van der Waals surface area contributed by atoms with E-state index in [1.54, 1.807) is 32.0 Å². The molecule has 0 aromatic heterocycles. The highest BCUT2D eigenvalue weighted by Crippen LogP contribution is 2.24. The quantitative estimate of drug-likeness (QED) is 0.308. The lowest BCUT2D eigenvalue weighted by atomic mass is 10.0. The Hall–Kier alpha value is -2.85. The van der Waals surface area contributed by atoms with E-state index in [9.17, 15) is 19.2 Å². The standard InChI is InChI=1S/C18H22Cl2N4O6/c1-8(2)14(16(27)28)23-15(26)9(3)30-18(29)24-17(21)22-13(25)7-10-11(19)5-4-6-12(10)20/h4-6,8-9,14H,7H2,1-3H3,(H,23,26)(H,27,28)(H3,21,22,24,25,29)/t9-,14+/m0/s1. The van der Waals surface area contributed by atoms with Gasteiger partial charge in [0.15, 0.2) is 6.10 Å². The number of aliphatic carboxylic acids is 1. The van der Waals surface area contributed by atoms with Gasteiger partial charge in [-0.05, 0) is 30.5 Å². The predicted molar refractivity (Wildman–Crippen MR) is 110 cm³/mol. The van der Waals surface area contributed by atoms with Crippen molar-refractivity contribution < 1.29 is 29.0 Å². The average molecular weight is 461 g/mol. The summed E-state index contributed by atoms with van der Waals surface area (Å²) in [6.45, 7) is 4.45. The van der Waals surface area contributed by atoms with Crippen molar-refractivity contribution in [3.63, 3.8) is 0 Å². The number of hydrogen-bond donors (Lipinski definition) is 5. The summed E-state index contributed by atoms with van der Waals surface area (Å²) < 4.78 is 4.79. The maximum atomic E-state index is 12.0. The number of alkyl carbamates (subject to hydrolysis) is 1. The van der Waals surface area contributed by atoms with Gasteiger partial charge in [0.1, 0.15) is 6.04 Å². The molecule has 5 N–H and O–H groups in total. The number of carboxylic acid groups (broad SMARTS) is 1. The summed E-state index contributed by atoms with van der Waals surface area (Å²) in [5, 5.41) is 23.5. The Morgan fingerprint density at radius 3 is 2.17 bits per heavy atom. The highest BCUT2D eigenvalue weighted by molar-refractivity contribution is 6.36. The molecule has 10 nitrogen and oxygen atoms in total. The molecule has 0 radical (unpaired) electrons. The van der Waals surface area contributed by atoms with E-state index in [0.29, 0.717) is 5.56 Å². The fraction of sp³-hybridized carbons (Fsp3) is 0.389. The Balaban J connectivity index is 2.53. The van der Waals surface area contributed by atoms with Gasteiger partial charge in [0.05, 0.1) is 6.42 Å². The molecule has 0 bridgehead atoms. The number of guanidine groups is 1. The molecule has 0 aliphatic carbocycles. The second kappa shape index (κ2) is 11.4. The van der Waals surface area contributed by atoms with Gasteiger partial charge < -0.3 is 15.2 Å². The van der Waals surface area contributed by atoms with Crippen LogP contribution in [0.15, 0.2) is 18.2 Å². The SMILES string of the molecule is CC(C)[C@@H](NC(=O)[C@H](C)OC(=O)NC(=N)NC(=O)Cc1c(Cl)cccc1Cl)C(=O)O. The molecule has 12 heteroatoms. The molecule has 0 saturated carbocycles. The van der Waals surface area contributed by atoms with Crippen LogP contribution in [-0.4, -0.2) is 47.1 Å². The van der Waals surface area contributed by atoms with Gasteiger partial charge in [0.2, 0.25) is 11.9 Å². The number of benzene rings is 1. The van der Waals surface area contributed by atoms with Gasteiger partial charge in [-0.15, -0.1) is 0 Å². The zero-order chi connectivity index (χ0) is 23.0. The monoisotopic (exact) mass is 460 g/mol. The minimum atomic E-state index is -1.34. The highest BCUT2D eigenvalue weighted by atomic mass is 35.5. The zero-order valence-corrected chi connectivity index (χ0v) is 17.9. The first-order valence-electron chi connectivity index (χ1n) is 8.74. The summed E-state index contributed by atoms with van der Waals surface area (Å²) in [6.07, 6.45) is -2.76. The van der Waals surface area contributed by atoms with Crippen LogP contribution in [0, 0.1) is 11.3 Å². The lowest BCUT2D eigenvalue weighted by molar-refractivity contribution is -0.144. The smallest absolute Gasteiger partial charge is 0.414 e. The third-order valence-corrected chi connectivity index (χ3v) is 4.48. The van der Waals surface area contributed by atoms with E-state index in [4.69, 9.17) is 38.5 Å². The van der Waals surface area contributed by atoms with Gasteiger partial charge >= 0.3 is 12.1 Å². The van der Waals surface area contributed by atoms with Crippen molar-refractivity contribution in [1.82, 2.24) is 16.0 Å². The van der Waals surface area contributed by atoms with E-state index >= 15 is 0 Å². The van der Waals surface area contributed by atoms with Crippen molar-refractivity contribution in [2.45, 2.75) is 39.3 Å². The van der Waals surface area contributed by atoms with Crippen LogP contribution in [0.2, 0.25) is 10.0 Å². The van der Waals surface area contributed by atoms with Crippen LogP contribution >= 0.6 is 23.2 Å². The minimum absolute atomic E-state index is 0.234. The summed E-state index contributed by atoms with van der Waals surface area (Å²) >= 11 is 11.9. The summed E-state index contributed by atoms with van der Waals surface area (Å²) in [5.41, 5.74) is 0.358. The highest BCUT2D eigenvalue weighted by Gasteiger charge is 2.27. The first-order valence-corrected chi connectivity index (χ1v) is 9.50. The fourth-order valence-electron chi connectivity index (χ4n) is 2.21. The molecular formula is C18H22Cl2N4O6. The Morgan fingerprint density at radius 2 is 1.67 bits per heavy atom. The van der Waals surface area contributed by atoms with E-state index in [1.165, 1.54) is 6.92 Å². The molecule has 1 rings (SSSR count). The number of carboxylic acids is 1. The number of nitrogens with one attached hydrogen (secondary N) is 4.